The Hall–Kier alpha value is -2.27. The molecule has 2 saturated carbocycles. The molecule has 5 rings (SSSR count). The SMILES string of the molecule is CC(C)Sc1nc(NC2CC2c2ccccc2)c2nnn(C3CC(CO)C(O)C3O)c2n1. The maximum Gasteiger partial charge on any atom is 0.191 e. The predicted molar refractivity (Wildman–Crippen MR) is 122 cm³/mol. The van der Waals surface area contributed by atoms with E-state index in [1.165, 1.54) is 5.56 Å². The normalized spacial score (nSPS) is 29.7. The van der Waals surface area contributed by atoms with Gasteiger partial charge >= 0.3 is 0 Å². The maximum atomic E-state index is 10.6. The average molecular weight is 457 g/mol. The summed E-state index contributed by atoms with van der Waals surface area (Å²) < 4.78 is 1.58. The van der Waals surface area contributed by atoms with Gasteiger partial charge in [0.25, 0.3) is 0 Å². The van der Waals surface area contributed by atoms with Gasteiger partial charge in [-0.1, -0.05) is 61.2 Å². The van der Waals surface area contributed by atoms with Crippen molar-refractivity contribution < 1.29 is 15.3 Å². The first-order valence-corrected chi connectivity index (χ1v) is 11.9. The van der Waals surface area contributed by atoms with E-state index in [2.05, 4.69) is 53.7 Å². The molecule has 2 fully saturated rings. The molecule has 32 heavy (non-hydrogen) atoms. The van der Waals surface area contributed by atoms with Gasteiger partial charge in [-0.25, -0.2) is 14.6 Å². The van der Waals surface area contributed by atoms with Crippen molar-refractivity contribution in [1.82, 2.24) is 25.0 Å². The van der Waals surface area contributed by atoms with Gasteiger partial charge in [0.15, 0.2) is 22.1 Å². The molecule has 0 saturated heterocycles. The first kappa shape index (κ1) is 21.6. The minimum absolute atomic E-state index is 0.194. The Balaban J connectivity index is 1.48. The van der Waals surface area contributed by atoms with Gasteiger partial charge in [-0.3, -0.25) is 0 Å². The van der Waals surface area contributed by atoms with E-state index in [0.717, 1.165) is 6.42 Å². The number of aliphatic hydroxyl groups is 3. The summed E-state index contributed by atoms with van der Waals surface area (Å²) in [6, 6.07) is 10.2. The Labute approximate surface area is 190 Å². The number of thioether (sulfide) groups is 1. The summed E-state index contributed by atoms with van der Waals surface area (Å²) in [4.78, 5) is 9.42. The topological polar surface area (TPSA) is 129 Å². The molecule has 2 aliphatic carbocycles. The number of fused-ring (bicyclic) bond motifs is 1. The van der Waals surface area contributed by atoms with Gasteiger partial charge in [0.2, 0.25) is 0 Å². The maximum absolute atomic E-state index is 10.6. The molecular weight excluding hydrogens is 428 g/mol. The number of hydrogen-bond acceptors (Lipinski definition) is 9. The summed E-state index contributed by atoms with van der Waals surface area (Å²) >= 11 is 1.55. The van der Waals surface area contributed by atoms with Crippen LogP contribution < -0.4 is 5.32 Å². The van der Waals surface area contributed by atoms with Crippen LogP contribution in [0.5, 0.6) is 0 Å². The summed E-state index contributed by atoms with van der Waals surface area (Å²) in [7, 11) is 0. The van der Waals surface area contributed by atoms with Gasteiger partial charge in [0, 0.05) is 29.7 Å². The smallest absolute Gasteiger partial charge is 0.191 e. The molecule has 1 aromatic carbocycles. The van der Waals surface area contributed by atoms with E-state index in [1.54, 1.807) is 16.4 Å². The third-order valence-corrected chi connectivity index (χ3v) is 7.17. The lowest BCUT2D eigenvalue weighted by Gasteiger charge is -2.17. The predicted octanol–water partition coefficient (Wildman–Crippen LogP) is 1.96. The average Bonchev–Trinajstić information content (AvgIpc) is 3.32. The van der Waals surface area contributed by atoms with Gasteiger partial charge in [0.1, 0.15) is 6.10 Å². The van der Waals surface area contributed by atoms with E-state index in [0.29, 0.717) is 39.7 Å². The number of nitrogens with one attached hydrogen (secondary N) is 1. The molecular formula is C22H28N6O3S. The molecule has 0 spiro atoms. The Kier molecular flexibility index (Phi) is 5.79. The van der Waals surface area contributed by atoms with Gasteiger partial charge < -0.3 is 20.6 Å². The third-order valence-electron chi connectivity index (χ3n) is 6.30. The zero-order chi connectivity index (χ0) is 22.4. The number of nitrogens with zero attached hydrogens (tertiary/aromatic N) is 5. The van der Waals surface area contributed by atoms with Crippen molar-refractivity contribution in [3.05, 3.63) is 35.9 Å². The van der Waals surface area contributed by atoms with Crippen molar-refractivity contribution in [2.24, 2.45) is 5.92 Å². The first-order valence-electron chi connectivity index (χ1n) is 11.0. The monoisotopic (exact) mass is 456 g/mol. The minimum Gasteiger partial charge on any atom is -0.396 e. The van der Waals surface area contributed by atoms with Crippen LogP contribution in [0.2, 0.25) is 0 Å². The van der Waals surface area contributed by atoms with Crippen molar-refractivity contribution in [2.75, 3.05) is 11.9 Å². The number of aromatic nitrogens is 5. The van der Waals surface area contributed by atoms with E-state index in [9.17, 15) is 15.3 Å². The van der Waals surface area contributed by atoms with Crippen LogP contribution in [0.25, 0.3) is 11.2 Å². The molecule has 0 bridgehead atoms. The van der Waals surface area contributed by atoms with Crippen molar-refractivity contribution >= 4 is 28.7 Å². The lowest BCUT2D eigenvalue weighted by atomic mass is 10.1. The van der Waals surface area contributed by atoms with E-state index < -0.39 is 24.2 Å². The molecule has 6 atom stereocenters. The van der Waals surface area contributed by atoms with Crippen LogP contribution in [0.1, 0.15) is 44.2 Å². The van der Waals surface area contributed by atoms with Crippen LogP contribution in [0.4, 0.5) is 5.82 Å². The summed E-state index contributed by atoms with van der Waals surface area (Å²) in [6.45, 7) is 3.96. The zero-order valence-electron chi connectivity index (χ0n) is 18.0. The fourth-order valence-electron chi connectivity index (χ4n) is 4.52. The summed E-state index contributed by atoms with van der Waals surface area (Å²) in [5, 5.41) is 43.4. The summed E-state index contributed by atoms with van der Waals surface area (Å²) in [5.41, 5.74) is 2.37. The van der Waals surface area contributed by atoms with Crippen molar-refractivity contribution in [2.45, 2.75) is 67.3 Å². The van der Waals surface area contributed by atoms with E-state index in [-0.39, 0.29) is 12.6 Å². The Morgan fingerprint density at radius 3 is 2.59 bits per heavy atom. The highest BCUT2D eigenvalue weighted by Gasteiger charge is 2.44. The molecule has 4 N–H and O–H groups in total. The molecule has 2 aliphatic rings. The fourth-order valence-corrected chi connectivity index (χ4v) is 5.22. The first-order chi connectivity index (χ1) is 15.5. The highest BCUT2D eigenvalue weighted by Crippen LogP contribution is 2.43. The Morgan fingerprint density at radius 2 is 1.91 bits per heavy atom. The molecule has 3 aromatic rings. The number of aliphatic hydroxyl groups excluding tert-OH is 3. The lowest BCUT2D eigenvalue weighted by Crippen LogP contribution is -2.30. The number of benzene rings is 1. The second-order valence-electron chi connectivity index (χ2n) is 8.96. The molecule has 0 amide bonds. The molecule has 2 heterocycles. The van der Waals surface area contributed by atoms with Crippen LogP contribution in [0.15, 0.2) is 35.5 Å². The second-order valence-corrected chi connectivity index (χ2v) is 10.5. The third kappa shape index (κ3) is 3.96. The number of anilines is 1. The molecule has 6 unspecified atom stereocenters. The standard InChI is InChI=1S/C22H28N6O3S/c1-11(2)32-22-24-20(23-15-9-14(15)12-6-4-3-5-7-12)17-21(25-22)28(27-26-17)16-8-13(10-29)18(30)19(16)31/h3-7,11,13-16,18-19,29-31H,8-10H2,1-2H3,(H,23,24,25). The van der Waals surface area contributed by atoms with Crippen molar-refractivity contribution in [1.29, 1.82) is 0 Å². The quantitative estimate of drug-likeness (QED) is 0.311. The van der Waals surface area contributed by atoms with Crippen LogP contribution in [0, 0.1) is 5.92 Å². The Bertz CT molecular complexity index is 1090. The van der Waals surface area contributed by atoms with E-state index in [1.807, 2.05) is 6.07 Å². The van der Waals surface area contributed by atoms with E-state index in [4.69, 9.17) is 9.97 Å². The molecule has 10 heteroatoms. The highest BCUT2D eigenvalue weighted by molar-refractivity contribution is 7.99. The molecule has 170 valence electrons. The number of rotatable bonds is 7. The van der Waals surface area contributed by atoms with Gasteiger partial charge in [-0.15, -0.1) is 5.10 Å². The molecule has 0 radical (unpaired) electrons. The van der Waals surface area contributed by atoms with E-state index >= 15 is 0 Å². The number of hydrogen-bond donors (Lipinski definition) is 4. The van der Waals surface area contributed by atoms with Crippen LogP contribution in [-0.2, 0) is 0 Å². The second kappa shape index (κ2) is 8.58. The zero-order valence-corrected chi connectivity index (χ0v) is 18.9. The Morgan fingerprint density at radius 1 is 1.12 bits per heavy atom. The van der Waals surface area contributed by atoms with Crippen molar-refractivity contribution in [3.63, 3.8) is 0 Å². The van der Waals surface area contributed by atoms with Gasteiger partial charge in [0.05, 0.1) is 12.1 Å². The lowest BCUT2D eigenvalue weighted by molar-refractivity contribution is -0.00512. The molecule has 0 aliphatic heterocycles. The van der Waals surface area contributed by atoms with Crippen LogP contribution >= 0.6 is 11.8 Å². The fraction of sp³-hybridized carbons (Fsp3) is 0.545. The van der Waals surface area contributed by atoms with Crippen LogP contribution in [0.3, 0.4) is 0 Å². The minimum atomic E-state index is -1.05. The van der Waals surface area contributed by atoms with Gasteiger partial charge in [-0.05, 0) is 18.4 Å². The molecule has 2 aromatic heterocycles. The summed E-state index contributed by atoms with van der Waals surface area (Å²) in [5.74, 6) is 0.658. The van der Waals surface area contributed by atoms with Gasteiger partial charge in [-0.2, -0.15) is 0 Å². The molecule has 9 nitrogen and oxygen atoms in total. The summed E-state index contributed by atoms with van der Waals surface area (Å²) in [6.07, 6.45) is -0.640. The largest absolute Gasteiger partial charge is 0.396 e. The van der Waals surface area contributed by atoms with Crippen molar-refractivity contribution in [3.8, 4) is 0 Å². The van der Waals surface area contributed by atoms with Crippen LogP contribution in [-0.4, -0.2) is 70.4 Å². The highest BCUT2D eigenvalue weighted by atomic mass is 32.2.